The fourth-order valence-electron chi connectivity index (χ4n) is 5.52. The lowest BCUT2D eigenvalue weighted by Crippen LogP contribution is -2.53. The molecule has 2 heterocycles. The van der Waals surface area contributed by atoms with Crippen LogP contribution in [0.4, 0.5) is 18.4 Å². The predicted molar refractivity (Wildman–Crippen MR) is 127 cm³/mol. The Labute approximate surface area is 207 Å². The first-order valence-corrected chi connectivity index (χ1v) is 12.8. The summed E-state index contributed by atoms with van der Waals surface area (Å²) in [6.45, 7) is 13.6. The first-order valence-electron chi connectivity index (χ1n) is 12.8. The number of amides is 2. The summed E-state index contributed by atoms with van der Waals surface area (Å²) >= 11 is 0. The third kappa shape index (κ3) is 7.53. The Morgan fingerprint density at radius 2 is 1.06 bits per heavy atom. The normalized spacial score (nSPS) is 24.6. The van der Waals surface area contributed by atoms with E-state index in [2.05, 4.69) is 0 Å². The van der Waals surface area contributed by atoms with Crippen molar-refractivity contribution < 1.29 is 32.6 Å². The minimum Gasteiger partial charge on any atom is -0.444 e. The van der Waals surface area contributed by atoms with E-state index in [0.717, 1.165) is 38.8 Å². The van der Waals surface area contributed by atoms with Crippen molar-refractivity contribution >= 4 is 18.0 Å². The number of likely N-dealkylation sites (tertiary alicyclic amines) is 2. The molecule has 0 atom stereocenters. The highest BCUT2D eigenvalue weighted by molar-refractivity contribution is 5.86. The molecule has 2 aliphatic carbocycles. The first kappa shape index (κ1) is 27.7. The molecular weight excluding hydrogens is 458 g/mol. The largest absolute Gasteiger partial charge is 0.444 e. The summed E-state index contributed by atoms with van der Waals surface area (Å²) in [7, 11) is 0. The lowest BCUT2D eigenvalue weighted by Gasteiger charge is -2.51. The van der Waals surface area contributed by atoms with Crippen LogP contribution < -0.4 is 0 Å². The number of carbonyl (C=O) groups excluding carboxylic acids is 3. The zero-order valence-electron chi connectivity index (χ0n) is 22.2. The Bertz CT molecular complexity index is 795. The lowest BCUT2D eigenvalue weighted by atomic mass is 9.61. The summed E-state index contributed by atoms with van der Waals surface area (Å²) in [5.41, 5.74) is -0.939. The molecule has 9 heteroatoms. The highest BCUT2D eigenvalue weighted by atomic mass is 19.3. The molecule has 0 bridgehead atoms. The molecule has 2 saturated heterocycles. The number of nitrogens with zero attached hydrogens (tertiary/aromatic N) is 2. The van der Waals surface area contributed by atoms with Crippen molar-refractivity contribution in [2.45, 2.75) is 110 Å². The van der Waals surface area contributed by atoms with Gasteiger partial charge in [-0.1, -0.05) is 0 Å². The second kappa shape index (κ2) is 9.51. The predicted octanol–water partition coefficient (Wildman–Crippen LogP) is 5.80. The van der Waals surface area contributed by atoms with E-state index in [9.17, 15) is 23.2 Å². The molecule has 2 aliphatic heterocycles. The number of hydrogen-bond acceptors (Lipinski definition) is 5. The highest BCUT2D eigenvalue weighted by Crippen LogP contribution is 2.57. The van der Waals surface area contributed by atoms with Crippen LogP contribution in [0.25, 0.3) is 0 Å². The molecule has 0 aromatic rings. The molecule has 0 radical (unpaired) electrons. The van der Waals surface area contributed by atoms with Crippen LogP contribution in [0.3, 0.4) is 0 Å². The van der Waals surface area contributed by atoms with E-state index in [-0.39, 0.29) is 35.9 Å². The van der Waals surface area contributed by atoms with E-state index < -0.39 is 17.1 Å². The van der Waals surface area contributed by atoms with E-state index in [1.807, 2.05) is 41.5 Å². The second-order valence-electron chi connectivity index (χ2n) is 13.0. The van der Waals surface area contributed by atoms with E-state index in [4.69, 9.17) is 9.47 Å². The van der Waals surface area contributed by atoms with Crippen LogP contribution in [0.5, 0.6) is 0 Å². The summed E-state index contributed by atoms with van der Waals surface area (Å²) in [5, 5.41) is 0. The van der Waals surface area contributed by atoms with Gasteiger partial charge in [0.15, 0.2) is 0 Å². The number of alkyl halides is 2. The Morgan fingerprint density at radius 3 is 1.34 bits per heavy atom. The van der Waals surface area contributed by atoms with Gasteiger partial charge in [-0.2, -0.15) is 0 Å². The Kier molecular flexibility index (Phi) is 7.51. The Morgan fingerprint density at radius 1 is 0.714 bits per heavy atom. The summed E-state index contributed by atoms with van der Waals surface area (Å²) in [6.07, 6.45) is 4.08. The maximum absolute atomic E-state index is 12.9. The third-order valence-electron chi connectivity index (χ3n) is 7.36. The van der Waals surface area contributed by atoms with Gasteiger partial charge in [-0.15, -0.1) is 0 Å². The van der Waals surface area contributed by atoms with Crippen LogP contribution in [0.15, 0.2) is 0 Å². The topological polar surface area (TPSA) is 76.1 Å². The summed E-state index contributed by atoms with van der Waals surface area (Å²) < 4.78 is 36.5. The van der Waals surface area contributed by atoms with Crippen molar-refractivity contribution in [3.8, 4) is 0 Å². The standard InChI is InChI=1S/C13H21F2NO2.C13H21NO3/c1-11(2,3)18-10(17)16-6-4-12(5-7-16)8-13(14,15)9-12;1-12(2,3)17-11(16)14-6-4-13(5-7-14)8-10(15)9-13/h4-9H2,1-3H3;4-9H2,1-3H3. The van der Waals surface area contributed by atoms with E-state index in [1.165, 1.54) is 0 Å². The lowest BCUT2D eigenvalue weighted by molar-refractivity contribution is -0.176. The summed E-state index contributed by atoms with van der Waals surface area (Å²) in [4.78, 5) is 38.1. The number of Topliss-reactive ketones (excluding diaryl/α,β-unsaturated/α-hetero) is 1. The summed E-state index contributed by atoms with van der Waals surface area (Å²) in [6, 6.07) is 0. The van der Waals surface area contributed by atoms with Gasteiger partial charge in [0.2, 0.25) is 5.92 Å². The molecule has 0 aromatic heterocycles. The first-order chi connectivity index (χ1) is 15.9. The smallest absolute Gasteiger partial charge is 0.410 e. The highest BCUT2D eigenvalue weighted by Gasteiger charge is 2.57. The van der Waals surface area contributed by atoms with Gasteiger partial charge in [-0.3, -0.25) is 4.79 Å². The molecule has 4 fully saturated rings. The molecule has 0 unspecified atom stereocenters. The second-order valence-corrected chi connectivity index (χ2v) is 13.0. The number of ketones is 1. The van der Waals surface area contributed by atoms with Crippen LogP contribution in [-0.2, 0) is 14.3 Å². The van der Waals surface area contributed by atoms with Crippen molar-refractivity contribution in [1.82, 2.24) is 9.80 Å². The van der Waals surface area contributed by atoms with Gasteiger partial charge in [0.1, 0.15) is 17.0 Å². The maximum Gasteiger partial charge on any atom is 0.410 e. The van der Waals surface area contributed by atoms with Gasteiger partial charge in [0.25, 0.3) is 0 Å². The number of piperidine rings is 2. The maximum atomic E-state index is 12.9. The summed E-state index contributed by atoms with van der Waals surface area (Å²) in [5.74, 6) is -2.11. The van der Waals surface area contributed by atoms with Crippen LogP contribution in [0, 0.1) is 10.8 Å². The van der Waals surface area contributed by atoms with Gasteiger partial charge in [-0.05, 0) is 78.1 Å². The fraction of sp³-hybridized carbons (Fsp3) is 0.885. The fourth-order valence-corrected chi connectivity index (χ4v) is 5.52. The van der Waals surface area contributed by atoms with Gasteiger partial charge in [0.05, 0.1) is 0 Å². The molecule has 7 nitrogen and oxygen atoms in total. The number of rotatable bonds is 0. The SMILES string of the molecule is CC(C)(C)OC(=O)N1CCC2(CC1)CC(=O)C2.CC(C)(C)OC(=O)N1CCC2(CC1)CC(F)(F)C2. The molecule has 0 aromatic carbocycles. The van der Waals surface area contributed by atoms with Crippen molar-refractivity contribution in [3.63, 3.8) is 0 Å². The van der Waals surface area contributed by atoms with Gasteiger partial charge < -0.3 is 19.3 Å². The molecule has 200 valence electrons. The zero-order chi connectivity index (χ0) is 26.3. The van der Waals surface area contributed by atoms with Gasteiger partial charge in [-0.25, -0.2) is 18.4 Å². The molecule has 35 heavy (non-hydrogen) atoms. The number of hydrogen-bond donors (Lipinski definition) is 0. The molecule has 2 amide bonds. The average molecular weight is 501 g/mol. The number of carbonyl (C=O) groups is 3. The monoisotopic (exact) mass is 500 g/mol. The molecule has 4 aliphatic rings. The molecule has 4 rings (SSSR count). The zero-order valence-corrected chi connectivity index (χ0v) is 22.2. The molecule has 2 spiro atoms. The average Bonchev–Trinajstić information content (AvgIpc) is 2.64. The van der Waals surface area contributed by atoms with E-state index in [0.29, 0.717) is 31.7 Å². The van der Waals surface area contributed by atoms with Crippen molar-refractivity contribution in [3.05, 3.63) is 0 Å². The quantitative estimate of drug-likeness (QED) is 0.420. The Balaban J connectivity index is 0.000000196. The minimum absolute atomic E-state index is 0.0117. The van der Waals surface area contributed by atoms with Crippen LogP contribution in [0.2, 0.25) is 0 Å². The van der Waals surface area contributed by atoms with Crippen molar-refractivity contribution in [2.24, 2.45) is 10.8 Å². The van der Waals surface area contributed by atoms with E-state index in [1.54, 1.807) is 9.80 Å². The van der Waals surface area contributed by atoms with Crippen molar-refractivity contribution in [1.29, 1.82) is 0 Å². The van der Waals surface area contributed by atoms with Crippen molar-refractivity contribution in [2.75, 3.05) is 26.2 Å². The Hall–Kier alpha value is -1.93. The van der Waals surface area contributed by atoms with Gasteiger partial charge in [0, 0.05) is 51.9 Å². The molecule has 0 N–H and O–H groups in total. The van der Waals surface area contributed by atoms with Crippen LogP contribution >= 0.6 is 0 Å². The third-order valence-corrected chi connectivity index (χ3v) is 7.36. The number of halogens is 2. The molecule has 2 saturated carbocycles. The van der Waals surface area contributed by atoms with E-state index >= 15 is 0 Å². The molecular formula is C26H42F2N2O5. The van der Waals surface area contributed by atoms with Crippen LogP contribution in [0.1, 0.15) is 92.9 Å². The van der Waals surface area contributed by atoms with Gasteiger partial charge >= 0.3 is 12.2 Å². The van der Waals surface area contributed by atoms with Crippen LogP contribution in [-0.4, -0.2) is 71.1 Å². The minimum atomic E-state index is -2.48. The number of ether oxygens (including phenoxy) is 2.